The van der Waals surface area contributed by atoms with Crippen molar-refractivity contribution in [3.8, 4) is 12.3 Å². The molecule has 0 aliphatic rings. The van der Waals surface area contributed by atoms with Crippen molar-refractivity contribution in [2.45, 2.75) is 6.54 Å². The van der Waals surface area contributed by atoms with Crippen molar-refractivity contribution in [3.05, 3.63) is 71.0 Å². The van der Waals surface area contributed by atoms with E-state index in [1.807, 2.05) is 0 Å². The van der Waals surface area contributed by atoms with Crippen LogP contribution in [0.4, 0.5) is 13.2 Å². The summed E-state index contributed by atoms with van der Waals surface area (Å²) in [5, 5.41) is 2.27. The van der Waals surface area contributed by atoms with E-state index in [1.54, 1.807) is 0 Å². The van der Waals surface area contributed by atoms with Crippen molar-refractivity contribution in [1.29, 1.82) is 0 Å². The summed E-state index contributed by atoms with van der Waals surface area (Å²) in [6, 6.07) is 8.05. The molecule has 0 aromatic heterocycles. The molecule has 7 heteroatoms. The second-order valence-corrected chi connectivity index (χ2v) is 5.39. The van der Waals surface area contributed by atoms with Gasteiger partial charge in [-0.15, -0.1) is 6.42 Å². The first kappa shape index (κ1) is 19.1. The lowest BCUT2D eigenvalue weighted by Crippen LogP contribution is -2.40. The maximum Gasteiger partial charge on any atom is 0.254 e. The lowest BCUT2D eigenvalue weighted by Gasteiger charge is -2.20. The third-order valence-corrected chi connectivity index (χ3v) is 3.50. The minimum Gasteiger partial charge on any atom is -0.343 e. The molecule has 0 aliphatic heterocycles. The SMILES string of the molecule is C#CCN(Cc1ccc(F)cc1)C(=O)CNC(=O)c1ccc(F)cc1F. The average Bonchev–Trinajstić information content (AvgIpc) is 2.61. The molecule has 0 spiro atoms. The molecule has 2 aromatic rings. The zero-order valence-electron chi connectivity index (χ0n) is 13.6. The van der Waals surface area contributed by atoms with Gasteiger partial charge in [0.2, 0.25) is 5.91 Å². The van der Waals surface area contributed by atoms with E-state index in [0.29, 0.717) is 11.6 Å². The Hall–Kier alpha value is -3.27. The van der Waals surface area contributed by atoms with E-state index in [9.17, 15) is 22.8 Å². The molecule has 0 bridgehead atoms. The minimum atomic E-state index is -1.03. The first-order valence-corrected chi connectivity index (χ1v) is 7.59. The molecule has 2 amide bonds. The number of halogens is 3. The van der Waals surface area contributed by atoms with Gasteiger partial charge in [0, 0.05) is 12.6 Å². The van der Waals surface area contributed by atoms with E-state index in [1.165, 1.54) is 29.2 Å². The molecule has 0 saturated heterocycles. The second-order valence-electron chi connectivity index (χ2n) is 5.39. The summed E-state index contributed by atoms with van der Waals surface area (Å²) in [7, 11) is 0. The van der Waals surface area contributed by atoms with Crippen molar-refractivity contribution in [2.24, 2.45) is 0 Å². The van der Waals surface area contributed by atoms with E-state index in [2.05, 4.69) is 11.2 Å². The topological polar surface area (TPSA) is 49.4 Å². The Balaban J connectivity index is 1.99. The van der Waals surface area contributed by atoms with Crippen molar-refractivity contribution in [3.63, 3.8) is 0 Å². The highest BCUT2D eigenvalue weighted by Gasteiger charge is 2.17. The molecule has 2 rings (SSSR count). The quantitative estimate of drug-likeness (QED) is 0.805. The van der Waals surface area contributed by atoms with Gasteiger partial charge in [0.05, 0.1) is 18.7 Å². The monoisotopic (exact) mass is 360 g/mol. The van der Waals surface area contributed by atoms with Crippen LogP contribution in [0.2, 0.25) is 0 Å². The molecule has 0 heterocycles. The molecule has 134 valence electrons. The summed E-state index contributed by atoms with van der Waals surface area (Å²) in [6.07, 6.45) is 5.25. The zero-order chi connectivity index (χ0) is 19.1. The fourth-order valence-electron chi connectivity index (χ4n) is 2.19. The van der Waals surface area contributed by atoms with Gasteiger partial charge in [-0.3, -0.25) is 9.59 Å². The van der Waals surface area contributed by atoms with Gasteiger partial charge >= 0.3 is 0 Å². The van der Waals surface area contributed by atoms with Gasteiger partial charge in [0.25, 0.3) is 5.91 Å². The van der Waals surface area contributed by atoms with Gasteiger partial charge in [0.1, 0.15) is 17.5 Å². The van der Waals surface area contributed by atoms with E-state index < -0.39 is 35.8 Å². The van der Waals surface area contributed by atoms with Crippen molar-refractivity contribution >= 4 is 11.8 Å². The summed E-state index contributed by atoms with van der Waals surface area (Å²) >= 11 is 0. The fraction of sp³-hybridized carbons (Fsp3) is 0.158. The molecule has 0 fully saturated rings. The minimum absolute atomic E-state index is 0.0169. The first-order chi connectivity index (χ1) is 12.4. The lowest BCUT2D eigenvalue weighted by molar-refractivity contribution is -0.130. The van der Waals surface area contributed by atoms with Crippen LogP contribution in [-0.4, -0.2) is 29.8 Å². The van der Waals surface area contributed by atoms with Crippen molar-refractivity contribution in [1.82, 2.24) is 10.2 Å². The van der Waals surface area contributed by atoms with Gasteiger partial charge in [-0.2, -0.15) is 0 Å². The molecule has 2 aromatic carbocycles. The Morgan fingerprint density at radius 2 is 1.69 bits per heavy atom. The predicted octanol–water partition coefficient (Wildman–Crippen LogP) is 2.50. The molecule has 0 aliphatic carbocycles. The second kappa shape index (κ2) is 8.72. The number of amides is 2. The normalized spacial score (nSPS) is 10.1. The van der Waals surface area contributed by atoms with E-state index >= 15 is 0 Å². The number of terminal acetylenes is 1. The molecule has 26 heavy (non-hydrogen) atoms. The maximum absolute atomic E-state index is 13.6. The highest BCUT2D eigenvalue weighted by Crippen LogP contribution is 2.10. The van der Waals surface area contributed by atoms with Crippen LogP contribution in [0.5, 0.6) is 0 Å². The van der Waals surface area contributed by atoms with Crippen LogP contribution in [0.1, 0.15) is 15.9 Å². The van der Waals surface area contributed by atoms with Gasteiger partial charge in [-0.1, -0.05) is 18.1 Å². The molecule has 1 N–H and O–H groups in total. The van der Waals surface area contributed by atoms with Gasteiger partial charge in [-0.05, 0) is 29.8 Å². The largest absolute Gasteiger partial charge is 0.343 e. The number of hydrogen-bond acceptors (Lipinski definition) is 2. The van der Waals surface area contributed by atoms with Gasteiger partial charge < -0.3 is 10.2 Å². The Kier molecular flexibility index (Phi) is 6.39. The highest BCUT2D eigenvalue weighted by molar-refractivity contribution is 5.96. The Morgan fingerprint density at radius 1 is 1.04 bits per heavy atom. The summed E-state index contributed by atoms with van der Waals surface area (Å²) < 4.78 is 39.4. The lowest BCUT2D eigenvalue weighted by atomic mass is 10.2. The van der Waals surface area contributed by atoms with Crippen LogP contribution >= 0.6 is 0 Å². The average molecular weight is 360 g/mol. The number of carbonyl (C=O) groups is 2. The molecular formula is C19H15F3N2O2. The molecule has 4 nitrogen and oxygen atoms in total. The third kappa shape index (κ3) is 5.11. The highest BCUT2D eigenvalue weighted by atomic mass is 19.1. The van der Waals surface area contributed by atoms with Crippen LogP contribution in [-0.2, 0) is 11.3 Å². The Bertz CT molecular complexity index is 845. The molecule has 0 saturated carbocycles. The van der Waals surface area contributed by atoms with Crippen molar-refractivity contribution < 1.29 is 22.8 Å². The predicted molar refractivity (Wildman–Crippen MR) is 89.3 cm³/mol. The van der Waals surface area contributed by atoms with Crippen molar-refractivity contribution in [2.75, 3.05) is 13.1 Å². The number of rotatable bonds is 6. The summed E-state index contributed by atoms with van der Waals surface area (Å²) in [6.45, 7) is -0.306. The Morgan fingerprint density at radius 3 is 2.31 bits per heavy atom. The maximum atomic E-state index is 13.6. The standard InChI is InChI=1S/C19H15F3N2O2/c1-2-9-24(12-13-3-5-14(20)6-4-13)18(25)11-23-19(26)16-8-7-15(21)10-17(16)22/h1,3-8,10H,9,11-12H2,(H,23,26). The smallest absolute Gasteiger partial charge is 0.254 e. The van der Waals surface area contributed by atoms with Gasteiger partial charge in [-0.25, -0.2) is 13.2 Å². The number of nitrogens with zero attached hydrogens (tertiary/aromatic N) is 1. The number of benzene rings is 2. The summed E-state index contributed by atoms with van der Waals surface area (Å²) in [5.74, 6) is -1.26. The number of nitrogens with one attached hydrogen (secondary N) is 1. The van der Waals surface area contributed by atoms with E-state index in [4.69, 9.17) is 6.42 Å². The summed E-state index contributed by atoms with van der Waals surface area (Å²) in [4.78, 5) is 25.5. The van der Waals surface area contributed by atoms with Crippen LogP contribution in [0.3, 0.4) is 0 Å². The fourth-order valence-corrected chi connectivity index (χ4v) is 2.19. The van der Waals surface area contributed by atoms with Crippen LogP contribution < -0.4 is 5.32 Å². The zero-order valence-corrected chi connectivity index (χ0v) is 13.6. The third-order valence-electron chi connectivity index (χ3n) is 3.50. The number of hydrogen-bond donors (Lipinski definition) is 1. The van der Waals surface area contributed by atoms with Crippen LogP contribution in [0.15, 0.2) is 42.5 Å². The first-order valence-electron chi connectivity index (χ1n) is 7.59. The van der Waals surface area contributed by atoms with E-state index in [0.717, 1.165) is 12.1 Å². The van der Waals surface area contributed by atoms with E-state index in [-0.39, 0.29) is 18.7 Å². The molecular weight excluding hydrogens is 345 g/mol. The number of carbonyl (C=O) groups excluding carboxylic acids is 2. The van der Waals surface area contributed by atoms with Crippen LogP contribution in [0.25, 0.3) is 0 Å². The Labute approximate surface area is 148 Å². The summed E-state index contributed by atoms with van der Waals surface area (Å²) in [5.41, 5.74) is 0.284. The molecule has 0 unspecified atom stereocenters. The van der Waals surface area contributed by atoms with Gasteiger partial charge in [0.15, 0.2) is 0 Å². The molecule has 0 atom stereocenters. The molecule has 0 radical (unpaired) electrons. The van der Waals surface area contributed by atoms with Crippen LogP contribution in [0, 0.1) is 29.8 Å².